The zero-order valence-electron chi connectivity index (χ0n) is 10.8. The highest BCUT2D eigenvalue weighted by Crippen LogP contribution is 2.31. The lowest BCUT2D eigenvalue weighted by Crippen LogP contribution is -2.37. The van der Waals surface area contributed by atoms with E-state index in [4.69, 9.17) is 4.74 Å². The molecule has 4 nitrogen and oxygen atoms in total. The Morgan fingerprint density at radius 3 is 2.59 bits per heavy atom. The molecule has 1 heterocycles. The van der Waals surface area contributed by atoms with Crippen LogP contribution in [0.25, 0.3) is 0 Å². The fourth-order valence-electron chi connectivity index (χ4n) is 2.59. The first-order valence-corrected chi connectivity index (χ1v) is 6.79. The number of likely N-dealkylation sites (tertiary alicyclic amines) is 1. The van der Waals surface area contributed by atoms with Crippen molar-refractivity contribution < 1.29 is 9.53 Å². The highest BCUT2D eigenvalue weighted by molar-refractivity contribution is 5.76. The maximum atomic E-state index is 11.6. The maximum Gasteiger partial charge on any atom is 0.220 e. The Morgan fingerprint density at radius 2 is 2.00 bits per heavy atom. The van der Waals surface area contributed by atoms with Crippen LogP contribution in [0.4, 0.5) is 0 Å². The molecule has 0 aromatic carbocycles. The van der Waals surface area contributed by atoms with Gasteiger partial charge in [-0.3, -0.25) is 4.79 Å². The summed E-state index contributed by atoms with van der Waals surface area (Å²) in [4.78, 5) is 14.2. The molecule has 2 rings (SSSR count). The van der Waals surface area contributed by atoms with E-state index in [1.165, 1.54) is 38.8 Å². The van der Waals surface area contributed by atoms with Gasteiger partial charge in [0.1, 0.15) is 0 Å². The number of nitrogens with zero attached hydrogens (tertiary/aromatic N) is 1. The molecule has 1 N–H and O–H groups in total. The number of ether oxygens (including phenoxy) is 1. The first kappa shape index (κ1) is 12.8. The Morgan fingerprint density at radius 1 is 1.29 bits per heavy atom. The molecule has 0 atom stereocenters. The fourth-order valence-corrected chi connectivity index (χ4v) is 2.59. The third-order valence-electron chi connectivity index (χ3n) is 3.81. The number of rotatable bonds is 6. The third kappa shape index (κ3) is 4.28. The van der Waals surface area contributed by atoms with E-state index in [0.29, 0.717) is 25.5 Å². The van der Waals surface area contributed by atoms with Gasteiger partial charge in [0.15, 0.2) is 0 Å². The minimum atomic E-state index is 0.187. The number of carbonyl (C=O) groups is 1. The maximum absolute atomic E-state index is 11.6. The molecule has 0 aromatic rings. The molecule has 1 amide bonds. The van der Waals surface area contributed by atoms with Gasteiger partial charge in [0.2, 0.25) is 5.91 Å². The quantitative estimate of drug-likeness (QED) is 0.705. The number of nitrogens with one attached hydrogen (secondary N) is 1. The van der Waals surface area contributed by atoms with Gasteiger partial charge >= 0.3 is 0 Å². The predicted octanol–water partition coefficient (Wildman–Crippen LogP) is 1.01. The van der Waals surface area contributed by atoms with E-state index in [-0.39, 0.29) is 5.91 Å². The summed E-state index contributed by atoms with van der Waals surface area (Å²) in [5, 5.41) is 2.90. The van der Waals surface area contributed by atoms with Crippen molar-refractivity contribution in [1.82, 2.24) is 10.2 Å². The van der Waals surface area contributed by atoms with Crippen molar-refractivity contribution in [2.75, 3.05) is 33.4 Å². The van der Waals surface area contributed by atoms with E-state index in [1.807, 2.05) is 0 Å². The Hall–Kier alpha value is -0.610. The molecule has 2 aliphatic rings. The average Bonchev–Trinajstić information content (AvgIpc) is 3.14. The molecule has 4 heteroatoms. The van der Waals surface area contributed by atoms with Crippen molar-refractivity contribution in [2.45, 2.75) is 38.1 Å². The number of hydrogen-bond donors (Lipinski definition) is 1. The Bertz CT molecular complexity index is 246. The van der Waals surface area contributed by atoms with Crippen molar-refractivity contribution in [1.29, 1.82) is 0 Å². The average molecular weight is 240 g/mol. The van der Waals surface area contributed by atoms with Crippen LogP contribution in [-0.4, -0.2) is 50.2 Å². The number of carbonyl (C=O) groups excluding carboxylic acids is 1. The molecular formula is C13H24N2O2. The van der Waals surface area contributed by atoms with Crippen LogP contribution in [0.1, 0.15) is 32.1 Å². The Labute approximate surface area is 104 Å². The monoisotopic (exact) mass is 240 g/mol. The zero-order chi connectivity index (χ0) is 12.1. The standard InChI is InChI=1S/C13H24N2O2/c1-17-9-6-14-13(16)10-11-4-7-15(8-5-11)12-2-3-12/h11-12H,2-10H2,1H3,(H,14,16). The van der Waals surface area contributed by atoms with Crippen molar-refractivity contribution in [2.24, 2.45) is 5.92 Å². The van der Waals surface area contributed by atoms with Crippen LogP contribution in [0.3, 0.4) is 0 Å². The van der Waals surface area contributed by atoms with Crippen LogP contribution in [0.2, 0.25) is 0 Å². The van der Waals surface area contributed by atoms with E-state index in [9.17, 15) is 4.79 Å². The molecule has 0 bridgehead atoms. The molecular weight excluding hydrogens is 216 g/mol. The van der Waals surface area contributed by atoms with Crippen molar-refractivity contribution in [3.8, 4) is 0 Å². The van der Waals surface area contributed by atoms with Gasteiger partial charge in [-0.2, -0.15) is 0 Å². The number of piperidine rings is 1. The fraction of sp³-hybridized carbons (Fsp3) is 0.923. The summed E-state index contributed by atoms with van der Waals surface area (Å²) in [6.07, 6.45) is 5.86. The van der Waals surface area contributed by atoms with E-state index in [1.54, 1.807) is 7.11 Å². The highest BCUT2D eigenvalue weighted by Gasteiger charge is 2.32. The summed E-state index contributed by atoms with van der Waals surface area (Å²) in [6, 6.07) is 0.881. The molecule has 0 aromatic heterocycles. The molecule has 0 unspecified atom stereocenters. The van der Waals surface area contributed by atoms with Gasteiger partial charge < -0.3 is 15.0 Å². The summed E-state index contributed by atoms with van der Waals surface area (Å²) >= 11 is 0. The zero-order valence-corrected chi connectivity index (χ0v) is 10.8. The SMILES string of the molecule is COCCNC(=O)CC1CCN(C2CC2)CC1. The van der Waals surface area contributed by atoms with Crippen LogP contribution in [0.5, 0.6) is 0 Å². The molecule has 98 valence electrons. The van der Waals surface area contributed by atoms with Gasteiger partial charge in [-0.15, -0.1) is 0 Å². The third-order valence-corrected chi connectivity index (χ3v) is 3.81. The first-order chi connectivity index (χ1) is 8.29. The van der Waals surface area contributed by atoms with Crippen molar-refractivity contribution in [3.05, 3.63) is 0 Å². The van der Waals surface area contributed by atoms with E-state index in [2.05, 4.69) is 10.2 Å². The second kappa shape index (κ2) is 6.36. The van der Waals surface area contributed by atoms with Gasteiger partial charge in [-0.1, -0.05) is 0 Å². The minimum Gasteiger partial charge on any atom is -0.383 e. The number of hydrogen-bond acceptors (Lipinski definition) is 3. The predicted molar refractivity (Wildman–Crippen MR) is 66.8 cm³/mol. The van der Waals surface area contributed by atoms with Gasteiger partial charge in [0, 0.05) is 26.1 Å². The summed E-state index contributed by atoms with van der Waals surface area (Å²) in [6.45, 7) is 3.63. The summed E-state index contributed by atoms with van der Waals surface area (Å²) in [5.41, 5.74) is 0. The molecule has 1 aliphatic heterocycles. The topological polar surface area (TPSA) is 41.6 Å². The summed E-state index contributed by atoms with van der Waals surface area (Å²) in [7, 11) is 1.65. The van der Waals surface area contributed by atoms with Gasteiger partial charge in [0.05, 0.1) is 6.61 Å². The van der Waals surface area contributed by atoms with Gasteiger partial charge in [-0.05, 0) is 44.7 Å². The Kier molecular flexibility index (Phi) is 4.80. The van der Waals surface area contributed by atoms with Crippen LogP contribution in [-0.2, 0) is 9.53 Å². The molecule has 2 fully saturated rings. The first-order valence-electron chi connectivity index (χ1n) is 6.79. The number of amides is 1. The normalized spacial score (nSPS) is 22.6. The van der Waals surface area contributed by atoms with Gasteiger partial charge in [-0.25, -0.2) is 0 Å². The highest BCUT2D eigenvalue weighted by atomic mass is 16.5. The molecule has 0 spiro atoms. The number of methoxy groups -OCH3 is 1. The van der Waals surface area contributed by atoms with Crippen LogP contribution >= 0.6 is 0 Å². The van der Waals surface area contributed by atoms with Crippen LogP contribution < -0.4 is 5.32 Å². The minimum absolute atomic E-state index is 0.187. The van der Waals surface area contributed by atoms with Crippen LogP contribution in [0.15, 0.2) is 0 Å². The molecule has 1 saturated heterocycles. The second-order valence-corrected chi connectivity index (χ2v) is 5.26. The lowest BCUT2D eigenvalue weighted by atomic mass is 9.93. The lowest BCUT2D eigenvalue weighted by Gasteiger charge is -2.31. The van der Waals surface area contributed by atoms with E-state index < -0.39 is 0 Å². The van der Waals surface area contributed by atoms with Gasteiger partial charge in [0.25, 0.3) is 0 Å². The van der Waals surface area contributed by atoms with Crippen LogP contribution in [0, 0.1) is 5.92 Å². The smallest absolute Gasteiger partial charge is 0.220 e. The second-order valence-electron chi connectivity index (χ2n) is 5.26. The molecule has 1 aliphatic carbocycles. The van der Waals surface area contributed by atoms with Crippen molar-refractivity contribution >= 4 is 5.91 Å². The van der Waals surface area contributed by atoms with E-state index in [0.717, 1.165) is 6.04 Å². The summed E-state index contributed by atoms with van der Waals surface area (Å²) < 4.78 is 4.91. The molecule has 1 saturated carbocycles. The molecule has 0 radical (unpaired) electrons. The van der Waals surface area contributed by atoms with Crippen molar-refractivity contribution in [3.63, 3.8) is 0 Å². The Balaban J connectivity index is 1.58. The lowest BCUT2D eigenvalue weighted by molar-refractivity contribution is -0.122. The summed E-state index contributed by atoms with van der Waals surface area (Å²) in [5.74, 6) is 0.777. The van der Waals surface area contributed by atoms with E-state index >= 15 is 0 Å². The largest absolute Gasteiger partial charge is 0.383 e. The molecule has 17 heavy (non-hydrogen) atoms.